The van der Waals surface area contributed by atoms with Crippen molar-refractivity contribution < 1.29 is 0 Å². The number of hydrogen-bond acceptors (Lipinski definition) is 0. The Balaban J connectivity index is 1.98. The van der Waals surface area contributed by atoms with E-state index < -0.39 is 0 Å². The molecule has 0 aromatic heterocycles. The lowest BCUT2D eigenvalue weighted by Crippen LogP contribution is -1.98. The molecule has 0 amide bonds. The van der Waals surface area contributed by atoms with Gasteiger partial charge in [0.15, 0.2) is 0 Å². The lowest BCUT2D eigenvalue weighted by molar-refractivity contribution is 0.980. The molecule has 2 aromatic carbocycles. The summed E-state index contributed by atoms with van der Waals surface area (Å²) in [7, 11) is 0. The van der Waals surface area contributed by atoms with Gasteiger partial charge < -0.3 is 0 Å². The fraction of sp³-hybridized carbons (Fsp3) is 0.111. The van der Waals surface area contributed by atoms with Crippen molar-refractivity contribution in [2.45, 2.75) is 12.8 Å². The number of aryl methyl sites for hydroxylation is 1. The van der Waals surface area contributed by atoms with Crippen molar-refractivity contribution in [1.82, 2.24) is 0 Å². The average molecular weight is 230 g/mol. The minimum absolute atomic E-state index is 1.17. The normalized spacial score (nSPS) is 16.0. The third-order valence-corrected chi connectivity index (χ3v) is 3.89. The van der Waals surface area contributed by atoms with Gasteiger partial charge in [-0.25, -0.2) is 0 Å². The SMILES string of the molecule is C1=C(c2ccccc2)c2cccc3c2C1=CCC3. The summed E-state index contributed by atoms with van der Waals surface area (Å²) in [5.41, 5.74) is 8.51. The zero-order chi connectivity index (χ0) is 11.9. The van der Waals surface area contributed by atoms with Gasteiger partial charge in [-0.15, -0.1) is 0 Å². The molecule has 0 bridgehead atoms. The van der Waals surface area contributed by atoms with E-state index in [2.05, 4.69) is 60.7 Å². The monoisotopic (exact) mass is 230 g/mol. The number of hydrogen-bond donors (Lipinski definition) is 0. The van der Waals surface area contributed by atoms with Crippen LogP contribution in [0.5, 0.6) is 0 Å². The third kappa shape index (κ3) is 1.32. The maximum atomic E-state index is 2.38. The van der Waals surface area contributed by atoms with Crippen LogP contribution >= 0.6 is 0 Å². The fourth-order valence-corrected chi connectivity index (χ4v) is 3.08. The molecule has 4 rings (SSSR count). The molecule has 0 saturated heterocycles. The first-order valence-electron chi connectivity index (χ1n) is 6.53. The Bertz CT molecular complexity index is 672. The Morgan fingerprint density at radius 3 is 2.61 bits per heavy atom. The van der Waals surface area contributed by atoms with Crippen molar-refractivity contribution in [3.63, 3.8) is 0 Å². The second kappa shape index (κ2) is 3.71. The highest BCUT2D eigenvalue weighted by Crippen LogP contribution is 2.42. The zero-order valence-electron chi connectivity index (χ0n) is 10.2. The molecule has 0 spiro atoms. The standard InChI is InChI=1S/C18H14/c1-2-6-13(7-3-1)17-12-15-10-4-8-14-9-5-11-16(17)18(14)15/h1-3,5-7,9-12H,4,8H2. The van der Waals surface area contributed by atoms with Crippen LogP contribution in [0.2, 0.25) is 0 Å². The van der Waals surface area contributed by atoms with E-state index >= 15 is 0 Å². The van der Waals surface area contributed by atoms with Crippen LogP contribution in [0.4, 0.5) is 0 Å². The van der Waals surface area contributed by atoms with Crippen molar-refractivity contribution in [3.8, 4) is 0 Å². The average Bonchev–Trinajstić information content (AvgIpc) is 2.82. The van der Waals surface area contributed by atoms with Crippen molar-refractivity contribution in [1.29, 1.82) is 0 Å². The molecule has 18 heavy (non-hydrogen) atoms. The Hall–Kier alpha value is -2.08. The summed E-state index contributed by atoms with van der Waals surface area (Å²) in [6.45, 7) is 0. The van der Waals surface area contributed by atoms with Crippen LogP contribution in [0.15, 0.2) is 60.7 Å². The first-order valence-corrected chi connectivity index (χ1v) is 6.53. The summed E-state index contributed by atoms with van der Waals surface area (Å²) in [6, 6.07) is 17.4. The van der Waals surface area contributed by atoms with Gasteiger partial charge in [-0.1, -0.05) is 54.6 Å². The summed E-state index contributed by atoms with van der Waals surface area (Å²) in [6.07, 6.45) is 7.08. The van der Waals surface area contributed by atoms with E-state index in [-0.39, 0.29) is 0 Å². The van der Waals surface area contributed by atoms with Crippen LogP contribution in [-0.4, -0.2) is 0 Å². The van der Waals surface area contributed by atoms with Gasteiger partial charge in [-0.3, -0.25) is 0 Å². The Labute approximate surface area is 107 Å². The number of allylic oxidation sites excluding steroid dienone is 3. The lowest BCUT2D eigenvalue weighted by atomic mass is 9.90. The molecule has 2 aromatic rings. The molecule has 0 heteroatoms. The van der Waals surface area contributed by atoms with E-state index in [0.717, 1.165) is 0 Å². The van der Waals surface area contributed by atoms with Gasteiger partial charge in [0.05, 0.1) is 0 Å². The van der Waals surface area contributed by atoms with Crippen LogP contribution in [0.1, 0.15) is 28.7 Å². The number of benzene rings is 2. The van der Waals surface area contributed by atoms with Crippen LogP contribution in [-0.2, 0) is 6.42 Å². The first kappa shape index (κ1) is 9.90. The van der Waals surface area contributed by atoms with Gasteiger partial charge in [0, 0.05) is 0 Å². The molecule has 86 valence electrons. The Morgan fingerprint density at radius 1 is 0.833 bits per heavy atom. The smallest absolute Gasteiger partial charge is 0.00760 e. The molecular formula is C18H14. The van der Waals surface area contributed by atoms with Crippen molar-refractivity contribution in [2.24, 2.45) is 0 Å². The van der Waals surface area contributed by atoms with Crippen molar-refractivity contribution in [3.05, 3.63) is 82.9 Å². The van der Waals surface area contributed by atoms with Crippen molar-refractivity contribution >= 4 is 11.1 Å². The molecule has 0 N–H and O–H groups in total. The van der Waals surface area contributed by atoms with Crippen LogP contribution in [0, 0.1) is 0 Å². The largest absolute Gasteiger partial charge is 0.0763 e. The highest BCUT2D eigenvalue weighted by Gasteiger charge is 2.23. The van der Waals surface area contributed by atoms with Gasteiger partial charge in [0.25, 0.3) is 0 Å². The maximum Gasteiger partial charge on any atom is -0.00760 e. The molecule has 0 radical (unpaired) electrons. The minimum atomic E-state index is 1.17. The van der Waals surface area contributed by atoms with Gasteiger partial charge in [0.2, 0.25) is 0 Å². The van der Waals surface area contributed by atoms with Crippen LogP contribution < -0.4 is 0 Å². The molecule has 0 fully saturated rings. The molecule has 2 aliphatic carbocycles. The second-order valence-corrected chi connectivity index (χ2v) is 4.96. The summed E-state index contributed by atoms with van der Waals surface area (Å²) in [4.78, 5) is 0. The summed E-state index contributed by atoms with van der Waals surface area (Å²) in [5, 5.41) is 0. The Kier molecular flexibility index (Phi) is 2.04. The molecular weight excluding hydrogens is 216 g/mol. The summed E-state index contributed by atoms with van der Waals surface area (Å²) < 4.78 is 0. The fourth-order valence-electron chi connectivity index (χ4n) is 3.08. The molecule has 0 unspecified atom stereocenters. The van der Waals surface area contributed by atoms with Crippen LogP contribution in [0.25, 0.3) is 11.1 Å². The van der Waals surface area contributed by atoms with E-state index in [9.17, 15) is 0 Å². The van der Waals surface area contributed by atoms with Gasteiger partial charge in [-0.2, -0.15) is 0 Å². The third-order valence-electron chi connectivity index (χ3n) is 3.89. The molecule has 0 heterocycles. The van der Waals surface area contributed by atoms with Crippen LogP contribution in [0.3, 0.4) is 0 Å². The molecule has 0 saturated carbocycles. The summed E-state index contributed by atoms with van der Waals surface area (Å²) >= 11 is 0. The zero-order valence-corrected chi connectivity index (χ0v) is 10.2. The highest BCUT2D eigenvalue weighted by atomic mass is 14.3. The molecule has 2 aliphatic rings. The molecule has 0 nitrogen and oxygen atoms in total. The van der Waals surface area contributed by atoms with Gasteiger partial charge in [-0.05, 0) is 52.3 Å². The topological polar surface area (TPSA) is 0 Å². The number of rotatable bonds is 1. The highest BCUT2D eigenvalue weighted by molar-refractivity contribution is 6.02. The predicted octanol–water partition coefficient (Wildman–Crippen LogP) is 4.46. The van der Waals surface area contributed by atoms with Gasteiger partial charge >= 0.3 is 0 Å². The van der Waals surface area contributed by atoms with E-state index in [0.29, 0.717) is 0 Å². The summed E-state index contributed by atoms with van der Waals surface area (Å²) in [5.74, 6) is 0. The van der Waals surface area contributed by atoms with E-state index in [1.165, 1.54) is 46.2 Å². The minimum Gasteiger partial charge on any atom is -0.0763 e. The predicted molar refractivity (Wildman–Crippen MR) is 76.3 cm³/mol. The van der Waals surface area contributed by atoms with E-state index in [1.807, 2.05) is 0 Å². The lowest BCUT2D eigenvalue weighted by Gasteiger charge is -2.14. The quantitative estimate of drug-likeness (QED) is 0.678. The Morgan fingerprint density at radius 2 is 1.72 bits per heavy atom. The molecule has 0 atom stereocenters. The van der Waals surface area contributed by atoms with E-state index in [1.54, 1.807) is 0 Å². The van der Waals surface area contributed by atoms with E-state index in [4.69, 9.17) is 0 Å². The maximum absolute atomic E-state index is 2.38. The second-order valence-electron chi connectivity index (χ2n) is 4.96. The first-order chi connectivity index (χ1) is 8.93. The molecule has 0 aliphatic heterocycles. The van der Waals surface area contributed by atoms with Gasteiger partial charge in [0.1, 0.15) is 0 Å². The van der Waals surface area contributed by atoms with Crippen molar-refractivity contribution in [2.75, 3.05) is 0 Å².